The molecule has 0 aliphatic heterocycles. The molecule has 90 valence electrons. The van der Waals surface area contributed by atoms with Gasteiger partial charge < -0.3 is 4.42 Å². The van der Waals surface area contributed by atoms with E-state index in [-0.39, 0.29) is 0 Å². The fourth-order valence-corrected chi connectivity index (χ4v) is 1.92. The Morgan fingerprint density at radius 2 is 2.06 bits per heavy atom. The van der Waals surface area contributed by atoms with Crippen molar-refractivity contribution in [3.8, 4) is 0 Å². The summed E-state index contributed by atoms with van der Waals surface area (Å²) in [6.45, 7) is 0. The second-order valence-electron chi connectivity index (χ2n) is 3.25. The van der Waals surface area contributed by atoms with Crippen molar-refractivity contribution in [2.45, 2.75) is 17.0 Å². The standard InChI is InChI=1S/C11H8F3NOS/c12-11(13,14)8-3-4-10(15-6-8)17-7-9-2-1-5-16-9/h1-6H,7H2. The molecule has 0 aliphatic carbocycles. The van der Waals surface area contributed by atoms with E-state index in [2.05, 4.69) is 4.98 Å². The third kappa shape index (κ3) is 3.26. The largest absolute Gasteiger partial charge is 0.468 e. The highest BCUT2D eigenvalue weighted by Crippen LogP contribution is 2.30. The number of pyridine rings is 1. The maximum absolute atomic E-state index is 12.3. The summed E-state index contributed by atoms with van der Waals surface area (Å²) in [6, 6.07) is 5.95. The van der Waals surface area contributed by atoms with Gasteiger partial charge in [-0.2, -0.15) is 13.2 Å². The molecule has 0 fully saturated rings. The highest BCUT2D eigenvalue weighted by molar-refractivity contribution is 7.98. The zero-order chi connectivity index (χ0) is 12.3. The molecule has 0 amide bonds. The Hall–Kier alpha value is -1.43. The minimum absolute atomic E-state index is 0.536. The monoisotopic (exact) mass is 259 g/mol. The van der Waals surface area contributed by atoms with Gasteiger partial charge in [0.25, 0.3) is 0 Å². The van der Waals surface area contributed by atoms with Gasteiger partial charge in [-0.05, 0) is 24.3 Å². The first-order chi connectivity index (χ1) is 8.05. The number of aromatic nitrogens is 1. The molecule has 0 spiro atoms. The summed E-state index contributed by atoms with van der Waals surface area (Å²) in [5.41, 5.74) is -0.736. The molecule has 0 N–H and O–H groups in total. The number of alkyl halides is 3. The molecule has 0 aliphatic rings. The van der Waals surface area contributed by atoms with E-state index in [9.17, 15) is 13.2 Å². The van der Waals surface area contributed by atoms with Crippen LogP contribution < -0.4 is 0 Å². The van der Waals surface area contributed by atoms with Crippen molar-refractivity contribution >= 4 is 11.8 Å². The SMILES string of the molecule is FC(F)(F)c1ccc(SCc2ccco2)nc1. The second kappa shape index (κ2) is 4.83. The number of hydrogen-bond acceptors (Lipinski definition) is 3. The van der Waals surface area contributed by atoms with Crippen molar-refractivity contribution in [1.29, 1.82) is 0 Å². The van der Waals surface area contributed by atoms with Crippen molar-refractivity contribution < 1.29 is 17.6 Å². The van der Waals surface area contributed by atoms with Gasteiger partial charge in [-0.3, -0.25) is 0 Å². The predicted molar refractivity (Wildman–Crippen MR) is 57.5 cm³/mol. The quantitative estimate of drug-likeness (QED) is 0.780. The zero-order valence-corrected chi connectivity index (χ0v) is 9.39. The van der Waals surface area contributed by atoms with Crippen molar-refractivity contribution in [3.05, 3.63) is 48.0 Å². The number of furan rings is 1. The van der Waals surface area contributed by atoms with Crippen LogP contribution in [0.15, 0.2) is 46.2 Å². The third-order valence-electron chi connectivity index (χ3n) is 2.01. The summed E-state index contributed by atoms with van der Waals surface area (Å²) in [4.78, 5) is 3.75. The smallest absolute Gasteiger partial charge is 0.417 e. The number of nitrogens with zero attached hydrogens (tertiary/aromatic N) is 1. The molecule has 17 heavy (non-hydrogen) atoms. The van der Waals surface area contributed by atoms with Gasteiger partial charge in [0.05, 0.1) is 22.6 Å². The molecule has 0 bridgehead atoms. The fraction of sp³-hybridized carbons (Fsp3) is 0.182. The molecule has 0 atom stereocenters. The molecule has 2 heterocycles. The van der Waals surface area contributed by atoms with Crippen LogP contribution in [0.3, 0.4) is 0 Å². The van der Waals surface area contributed by atoms with Gasteiger partial charge in [0.15, 0.2) is 0 Å². The third-order valence-corrected chi connectivity index (χ3v) is 2.97. The molecule has 0 radical (unpaired) electrons. The lowest BCUT2D eigenvalue weighted by Gasteiger charge is -2.06. The Morgan fingerprint density at radius 3 is 2.59 bits per heavy atom. The van der Waals surface area contributed by atoms with Gasteiger partial charge in [0.2, 0.25) is 0 Å². The van der Waals surface area contributed by atoms with Crippen LogP contribution in [0.25, 0.3) is 0 Å². The van der Waals surface area contributed by atoms with Gasteiger partial charge in [-0.15, -0.1) is 0 Å². The van der Waals surface area contributed by atoms with Crippen LogP contribution in [0.1, 0.15) is 11.3 Å². The number of thioether (sulfide) groups is 1. The van der Waals surface area contributed by atoms with Gasteiger partial charge in [-0.25, -0.2) is 4.98 Å². The van der Waals surface area contributed by atoms with E-state index in [0.717, 1.165) is 18.0 Å². The van der Waals surface area contributed by atoms with Crippen molar-refractivity contribution in [2.24, 2.45) is 0 Å². The van der Waals surface area contributed by atoms with Crippen LogP contribution in [0.4, 0.5) is 13.2 Å². The Kier molecular flexibility index (Phi) is 3.42. The molecule has 0 saturated carbocycles. The highest BCUT2D eigenvalue weighted by atomic mass is 32.2. The molecule has 0 saturated heterocycles. The Morgan fingerprint density at radius 1 is 1.24 bits per heavy atom. The predicted octanol–water partition coefficient (Wildman–Crippen LogP) is 3.99. The first-order valence-electron chi connectivity index (χ1n) is 4.74. The van der Waals surface area contributed by atoms with E-state index in [1.54, 1.807) is 18.4 Å². The number of hydrogen-bond donors (Lipinski definition) is 0. The average Bonchev–Trinajstić information content (AvgIpc) is 2.78. The van der Waals surface area contributed by atoms with E-state index >= 15 is 0 Å². The van der Waals surface area contributed by atoms with Gasteiger partial charge in [0.1, 0.15) is 5.76 Å². The van der Waals surface area contributed by atoms with Crippen LogP contribution in [0.2, 0.25) is 0 Å². The normalized spacial score (nSPS) is 11.7. The summed E-state index contributed by atoms with van der Waals surface area (Å²) in [6.07, 6.45) is -1.95. The minimum atomic E-state index is -4.34. The molecule has 0 aromatic carbocycles. The maximum Gasteiger partial charge on any atom is 0.417 e. The van der Waals surface area contributed by atoms with E-state index in [1.807, 2.05) is 0 Å². The van der Waals surface area contributed by atoms with Crippen LogP contribution in [-0.2, 0) is 11.9 Å². The summed E-state index contributed by atoms with van der Waals surface area (Å²) in [7, 11) is 0. The first kappa shape index (κ1) is 12.0. The number of rotatable bonds is 3. The van der Waals surface area contributed by atoms with Gasteiger partial charge in [-0.1, -0.05) is 11.8 Å². The molecule has 6 heteroatoms. The first-order valence-corrected chi connectivity index (χ1v) is 5.73. The maximum atomic E-state index is 12.3. The Bertz CT molecular complexity index is 464. The van der Waals surface area contributed by atoms with Crippen LogP contribution in [0.5, 0.6) is 0 Å². The van der Waals surface area contributed by atoms with Gasteiger partial charge >= 0.3 is 6.18 Å². The molecule has 2 rings (SSSR count). The summed E-state index contributed by atoms with van der Waals surface area (Å²) < 4.78 is 41.9. The highest BCUT2D eigenvalue weighted by Gasteiger charge is 2.30. The van der Waals surface area contributed by atoms with E-state index < -0.39 is 11.7 Å². The zero-order valence-electron chi connectivity index (χ0n) is 8.57. The summed E-state index contributed by atoms with van der Waals surface area (Å²) in [5, 5.41) is 0.536. The summed E-state index contributed by atoms with van der Waals surface area (Å²) >= 11 is 1.33. The van der Waals surface area contributed by atoms with E-state index in [0.29, 0.717) is 10.8 Å². The van der Waals surface area contributed by atoms with E-state index in [4.69, 9.17) is 4.42 Å². The van der Waals surface area contributed by atoms with E-state index in [1.165, 1.54) is 17.8 Å². The lowest BCUT2D eigenvalue weighted by atomic mass is 10.3. The molecule has 2 aromatic heterocycles. The number of halogens is 3. The molecule has 0 unspecified atom stereocenters. The minimum Gasteiger partial charge on any atom is -0.468 e. The second-order valence-corrected chi connectivity index (χ2v) is 4.25. The van der Waals surface area contributed by atoms with Crippen LogP contribution in [-0.4, -0.2) is 4.98 Å². The molecule has 2 nitrogen and oxygen atoms in total. The van der Waals surface area contributed by atoms with Crippen LogP contribution >= 0.6 is 11.8 Å². The van der Waals surface area contributed by atoms with Crippen molar-refractivity contribution in [3.63, 3.8) is 0 Å². The lowest BCUT2D eigenvalue weighted by Crippen LogP contribution is -2.05. The van der Waals surface area contributed by atoms with Gasteiger partial charge in [0, 0.05) is 6.20 Å². The summed E-state index contributed by atoms with van der Waals surface area (Å²) in [5.74, 6) is 1.31. The van der Waals surface area contributed by atoms with Crippen molar-refractivity contribution in [1.82, 2.24) is 4.98 Å². The Labute approximate surface area is 99.9 Å². The van der Waals surface area contributed by atoms with Crippen molar-refractivity contribution in [2.75, 3.05) is 0 Å². The average molecular weight is 259 g/mol. The molecular formula is C11H8F3NOS. The fourth-order valence-electron chi connectivity index (χ4n) is 1.17. The van der Waals surface area contributed by atoms with Crippen LogP contribution in [0, 0.1) is 0 Å². The topological polar surface area (TPSA) is 26.0 Å². The molecular weight excluding hydrogens is 251 g/mol. The molecule has 2 aromatic rings. The Balaban J connectivity index is 1.99. The lowest BCUT2D eigenvalue weighted by molar-refractivity contribution is -0.137.